The highest BCUT2D eigenvalue weighted by molar-refractivity contribution is 9.10. The van der Waals surface area contributed by atoms with Crippen LogP contribution in [-0.2, 0) is 9.84 Å². The third kappa shape index (κ3) is 6.37. The third-order valence-electron chi connectivity index (χ3n) is 3.25. The van der Waals surface area contributed by atoms with Crippen LogP contribution in [0.15, 0.2) is 22.7 Å². The van der Waals surface area contributed by atoms with Crippen LogP contribution in [0.1, 0.15) is 43.4 Å². The lowest BCUT2D eigenvalue weighted by Crippen LogP contribution is -2.23. The van der Waals surface area contributed by atoms with Gasteiger partial charge in [-0.2, -0.15) is 0 Å². The molecule has 0 aliphatic rings. The standard InChI is InChI=1S/C15H24BrNO2S/c1-4-9-17-15(6-5-10-20(3,18)19)13-8-7-12(2)14(16)11-13/h7-8,11,15,17H,4-6,9-10H2,1-3H3. The van der Waals surface area contributed by atoms with Gasteiger partial charge in [0.2, 0.25) is 0 Å². The molecule has 0 radical (unpaired) electrons. The van der Waals surface area contributed by atoms with Crippen LogP contribution < -0.4 is 5.32 Å². The summed E-state index contributed by atoms with van der Waals surface area (Å²) in [7, 11) is -2.87. The smallest absolute Gasteiger partial charge is 0.147 e. The molecule has 0 fully saturated rings. The summed E-state index contributed by atoms with van der Waals surface area (Å²) in [4.78, 5) is 0. The second-order valence-electron chi connectivity index (χ2n) is 5.29. The van der Waals surface area contributed by atoms with Crippen molar-refractivity contribution in [1.29, 1.82) is 0 Å². The molecule has 1 rings (SSSR count). The van der Waals surface area contributed by atoms with E-state index in [9.17, 15) is 8.42 Å². The molecule has 1 aromatic rings. The Labute approximate surface area is 131 Å². The molecule has 1 aromatic carbocycles. The van der Waals surface area contributed by atoms with Crippen LogP contribution in [0.5, 0.6) is 0 Å². The van der Waals surface area contributed by atoms with Crippen molar-refractivity contribution in [2.24, 2.45) is 0 Å². The number of rotatable bonds is 8. The van der Waals surface area contributed by atoms with Gasteiger partial charge in [-0.1, -0.05) is 35.0 Å². The topological polar surface area (TPSA) is 46.2 Å². The monoisotopic (exact) mass is 361 g/mol. The maximum atomic E-state index is 11.2. The van der Waals surface area contributed by atoms with E-state index in [4.69, 9.17) is 0 Å². The number of hydrogen-bond acceptors (Lipinski definition) is 3. The van der Waals surface area contributed by atoms with Gasteiger partial charge >= 0.3 is 0 Å². The fourth-order valence-corrected chi connectivity index (χ4v) is 3.17. The molecular weight excluding hydrogens is 338 g/mol. The van der Waals surface area contributed by atoms with E-state index in [1.807, 2.05) is 0 Å². The number of nitrogens with one attached hydrogen (secondary N) is 1. The molecule has 0 spiro atoms. The van der Waals surface area contributed by atoms with Gasteiger partial charge in [0.25, 0.3) is 0 Å². The SMILES string of the molecule is CCCNC(CCCS(C)(=O)=O)c1ccc(C)c(Br)c1. The average molecular weight is 362 g/mol. The van der Waals surface area contributed by atoms with Gasteiger partial charge < -0.3 is 5.32 Å². The zero-order valence-corrected chi connectivity index (χ0v) is 14.9. The van der Waals surface area contributed by atoms with E-state index in [0.29, 0.717) is 6.42 Å². The van der Waals surface area contributed by atoms with Gasteiger partial charge in [-0.25, -0.2) is 8.42 Å². The molecule has 0 amide bonds. The first kappa shape index (κ1) is 17.7. The van der Waals surface area contributed by atoms with Gasteiger partial charge in [-0.05, 0) is 49.9 Å². The Morgan fingerprint density at radius 3 is 2.60 bits per heavy atom. The van der Waals surface area contributed by atoms with Crippen LogP contribution in [-0.4, -0.2) is 27.0 Å². The maximum Gasteiger partial charge on any atom is 0.147 e. The predicted molar refractivity (Wildman–Crippen MR) is 88.9 cm³/mol. The zero-order chi connectivity index (χ0) is 15.2. The third-order valence-corrected chi connectivity index (χ3v) is 5.13. The summed E-state index contributed by atoms with van der Waals surface area (Å²) in [5.74, 6) is 0.254. The van der Waals surface area contributed by atoms with Crippen LogP contribution in [0.3, 0.4) is 0 Å². The first-order valence-electron chi connectivity index (χ1n) is 7.00. The zero-order valence-electron chi connectivity index (χ0n) is 12.4. The highest BCUT2D eigenvalue weighted by atomic mass is 79.9. The summed E-state index contributed by atoms with van der Waals surface area (Å²) in [6.45, 7) is 5.13. The molecule has 1 atom stereocenters. The summed E-state index contributed by atoms with van der Waals surface area (Å²) in [5, 5.41) is 3.50. The Morgan fingerprint density at radius 2 is 2.05 bits per heavy atom. The molecule has 0 aromatic heterocycles. The Hall–Kier alpha value is -0.390. The van der Waals surface area contributed by atoms with Crippen molar-refractivity contribution in [3.8, 4) is 0 Å². The van der Waals surface area contributed by atoms with E-state index in [0.717, 1.165) is 23.9 Å². The fourth-order valence-electron chi connectivity index (χ4n) is 2.08. The summed E-state index contributed by atoms with van der Waals surface area (Å²) in [6.07, 6.45) is 3.88. The number of benzene rings is 1. The fraction of sp³-hybridized carbons (Fsp3) is 0.600. The van der Waals surface area contributed by atoms with Crippen molar-refractivity contribution in [2.75, 3.05) is 18.6 Å². The second-order valence-corrected chi connectivity index (χ2v) is 8.40. The van der Waals surface area contributed by atoms with Crippen LogP contribution in [0.4, 0.5) is 0 Å². The number of sulfone groups is 1. The van der Waals surface area contributed by atoms with Gasteiger partial charge in [0.15, 0.2) is 0 Å². The number of halogens is 1. The highest BCUT2D eigenvalue weighted by Gasteiger charge is 2.13. The molecule has 0 aliphatic heterocycles. The molecule has 1 N–H and O–H groups in total. The van der Waals surface area contributed by atoms with E-state index in [-0.39, 0.29) is 11.8 Å². The maximum absolute atomic E-state index is 11.2. The average Bonchev–Trinajstić information content (AvgIpc) is 2.35. The number of hydrogen-bond donors (Lipinski definition) is 1. The largest absolute Gasteiger partial charge is 0.310 e. The van der Waals surface area contributed by atoms with E-state index >= 15 is 0 Å². The Morgan fingerprint density at radius 1 is 1.35 bits per heavy atom. The van der Waals surface area contributed by atoms with Crippen molar-refractivity contribution in [3.63, 3.8) is 0 Å². The Bertz CT molecular complexity index is 529. The van der Waals surface area contributed by atoms with Gasteiger partial charge in [0.1, 0.15) is 9.84 Å². The minimum Gasteiger partial charge on any atom is -0.310 e. The molecular formula is C15H24BrNO2S. The molecule has 1 unspecified atom stereocenters. The molecule has 0 heterocycles. The lowest BCUT2D eigenvalue weighted by molar-refractivity contribution is 0.492. The molecule has 0 saturated heterocycles. The van der Waals surface area contributed by atoms with Gasteiger partial charge in [-0.3, -0.25) is 0 Å². The lowest BCUT2D eigenvalue weighted by Gasteiger charge is -2.19. The van der Waals surface area contributed by atoms with Crippen molar-refractivity contribution < 1.29 is 8.42 Å². The van der Waals surface area contributed by atoms with Gasteiger partial charge in [0, 0.05) is 22.5 Å². The normalized spacial score (nSPS) is 13.4. The molecule has 5 heteroatoms. The van der Waals surface area contributed by atoms with Crippen molar-refractivity contribution >= 4 is 25.8 Å². The molecule has 20 heavy (non-hydrogen) atoms. The highest BCUT2D eigenvalue weighted by Crippen LogP contribution is 2.24. The Balaban J connectivity index is 2.74. The lowest BCUT2D eigenvalue weighted by atomic mass is 10.0. The molecule has 3 nitrogen and oxygen atoms in total. The molecule has 0 bridgehead atoms. The van der Waals surface area contributed by atoms with E-state index in [1.54, 1.807) is 0 Å². The Kier molecular flexibility index (Phi) is 7.20. The summed E-state index contributed by atoms with van der Waals surface area (Å²) >= 11 is 3.56. The van der Waals surface area contributed by atoms with Gasteiger partial charge in [0.05, 0.1) is 0 Å². The van der Waals surface area contributed by atoms with Crippen LogP contribution >= 0.6 is 15.9 Å². The summed E-state index contributed by atoms with van der Waals surface area (Å²) in [5.41, 5.74) is 2.42. The predicted octanol–water partition coefficient (Wildman–Crippen LogP) is 3.62. The second kappa shape index (κ2) is 8.15. The van der Waals surface area contributed by atoms with Crippen LogP contribution in [0.2, 0.25) is 0 Å². The molecule has 114 valence electrons. The summed E-state index contributed by atoms with van der Waals surface area (Å²) in [6, 6.07) is 6.56. The van der Waals surface area contributed by atoms with E-state index in [1.165, 1.54) is 17.4 Å². The minimum atomic E-state index is -2.87. The van der Waals surface area contributed by atoms with Crippen molar-refractivity contribution in [3.05, 3.63) is 33.8 Å². The first-order valence-corrected chi connectivity index (χ1v) is 9.86. The summed E-state index contributed by atoms with van der Waals surface area (Å²) < 4.78 is 23.6. The minimum absolute atomic E-state index is 0.216. The van der Waals surface area contributed by atoms with E-state index in [2.05, 4.69) is 53.3 Å². The van der Waals surface area contributed by atoms with Crippen molar-refractivity contribution in [1.82, 2.24) is 5.32 Å². The van der Waals surface area contributed by atoms with Gasteiger partial charge in [-0.15, -0.1) is 0 Å². The molecule has 0 saturated carbocycles. The van der Waals surface area contributed by atoms with E-state index < -0.39 is 9.84 Å². The first-order chi connectivity index (χ1) is 9.33. The van der Waals surface area contributed by atoms with Crippen molar-refractivity contribution in [2.45, 2.75) is 39.2 Å². The molecule has 0 aliphatic carbocycles. The number of aryl methyl sites for hydroxylation is 1. The van der Waals surface area contributed by atoms with Crippen LogP contribution in [0, 0.1) is 6.92 Å². The van der Waals surface area contributed by atoms with Crippen LogP contribution in [0.25, 0.3) is 0 Å². The quantitative estimate of drug-likeness (QED) is 0.768.